The molecule has 0 aromatic heterocycles. The monoisotopic (exact) mass is 248 g/mol. The summed E-state index contributed by atoms with van der Waals surface area (Å²) < 4.78 is 37.2. The summed E-state index contributed by atoms with van der Waals surface area (Å²) in [4.78, 5) is 0. The van der Waals surface area contributed by atoms with Gasteiger partial charge in [-0.3, -0.25) is 0 Å². The summed E-state index contributed by atoms with van der Waals surface area (Å²) >= 11 is 2.96. The first kappa shape index (κ1) is 10.1. The van der Waals surface area contributed by atoms with E-state index in [1.165, 1.54) is 12.1 Å². The van der Waals surface area contributed by atoms with E-state index >= 15 is 0 Å². The second kappa shape index (κ2) is 3.43. The van der Waals surface area contributed by atoms with Gasteiger partial charge in [-0.15, -0.1) is 6.42 Å². The standard InChI is InChI=1S/C9H4BrF3/c1-2-6-7(9(11,12)13)4-3-5-8(6)10/h1,3-5H. The molecule has 13 heavy (non-hydrogen) atoms. The summed E-state index contributed by atoms with van der Waals surface area (Å²) in [5, 5.41) is 0. The SMILES string of the molecule is C#Cc1c(Br)cccc1C(F)(F)F. The van der Waals surface area contributed by atoms with Gasteiger partial charge >= 0.3 is 6.18 Å². The van der Waals surface area contributed by atoms with Crippen LogP contribution in [0.2, 0.25) is 0 Å². The van der Waals surface area contributed by atoms with Crippen LogP contribution in [0.5, 0.6) is 0 Å². The Morgan fingerprint density at radius 2 is 1.92 bits per heavy atom. The lowest BCUT2D eigenvalue weighted by Gasteiger charge is -2.09. The summed E-state index contributed by atoms with van der Waals surface area (Å²) in [5.74, 6) is 2.00. The Morgan fingerprint density at radius 1 is 1.31 bits per heavy atom. The molecule has 0 aliphatic carbocycles. The highest BCUT2D eigenvalue weighted by molar-refractivity contribution is 9.10. The Bertz CT molecular complexity index is 360. The Morgan fingerprint density at radius 3 is 2.31 bits per heavy atom. The largest absolute Gasteiger partial charge is 0.417 e. The van der Waals surface area contributed by atoms with Gasteiger partial charge in [-0.25, -0.2) is 0 Å². The predicted octanol–water partition coefficient (Wildman–Crippen LogP) is 3.45. The molecule has 1 aromatic rings. The average Bonchev–Trinajstić information content (AvgIpc) is 2.02. The summed E-state index contributed by atoms with van der Waals surface area (Å²) in [6.45, 7) is 0. The van der Waals surface area contributed by atoms with E-state index in [0.29, 0.717) is 0 Å². The van der Waals surface area contributed by atoms with Crippen LogP contribution in [-0.2, 0) is 6.18 Å². The van der Waals surface area contributed by atoms with Gasteiger partial charge in [0.2, 0.25) is 0 Å². The number of hydrogen-bond donors (Lipinski definition) is 0. The molecule has 0 saturated carbocycles. The highest BCUT2D eigenvalue weighted by Crippen LogP contribution is 2.34. The summed E-state index contributed by atoms with van der Waals surface area (Å²) in [7, 11) is 0. The molecule has 0 spiro atoms. The van der Waals surface area contributed by atoms with Gasteiger partial charge < -0.3 is 0 Å². The number of halogens is 4. The van der Waals surface area contributed by atoms with Crippen molar-refractivity contribution in [1.29, 1.82) is 0 Å². The van der Waals surface area contributed by atoms with E-state index in [1.54, 1.807) is 0 Å². The molecule has 0 atom stereocenters. The lowest BCUT2D eigenvalue weighted by molar-refractivity contribution is -0.137. The maximum atomic E-state index is 12.3. The molecule has 0 heterocycles. The Labute approximate surface area is 81.9 Å². The van der Waals surface area contributed by atoms with Gasteiger partial charge in [-0.1, -0.05) is 12.0 Å². The number of benzene rings is 1. The van der Waals surface area contributed by atoms with Gasteiger partial charge in [-0.2, -0.15) is 13.2 Å². The van der Waals surface area contributed by atoms with E-state index in [-0.39, 0.29) is 10.0 Å². The second-order valence-corrected chi connectivity index (χ2v) is 3.16. The average molecular weight is 249 g/mol. The third kappa shape index (κ3) is 2.04. The van der Waals surface area contributed by atoms with Crippen molar-refractivity contribution in [3.8, 4) is 12.3 Å². The first-order valence-electron chi connectivity index (χ1n) is 3.29. The Hall–Kier alpha value is -0.950. The molecule has 0 aliphatic heterocycles. The highest BCUT2D eigenvalue weighted by Gasteiger charge is 2.33. The maximum Gasteiger partial charge on any atom is 0.417 e. The van der Waals surface area contributed by atoms with Gasteiger partial charge in [-0.05, 0) is 28.1 Å². The molecule has 0 nitrogen and oxygen atoms in total. The molecule has 1 rings (SSSR count). The third-order valence-corrected chi connectivity index (χ3v) is 2.12. The molecular weight excluding hydrogens is 245 g/mol. The van der Waals surface area contributed by atoms with Crippen LogP contribution in [0.1, 0.15) is 11.1 Å². The second-order valence-electron chi connectivity index (χ2n) is 2.30. The number of terminal acetylenes is 1. The van der Waals surface area contributed by atoms with Crippen molar-refractivity contribution in [2.45, 2.75) is 6.18 Å². The summed E-state index contributed by atoms with van der Waals surface area (Å²) in [5.41, 5.74) is -0.945. The quantitative estimate of drug-likeness (QED) is 0.618. The summed E-state index contributed by atoms with van der Waals surface area (Å²) in [6, 6.07) is 3.73. The molecule has 0 unspecified atom stereocenters. The number of alkyl halides is 3. The zero-order valence-corrected chi connectivity index (χ0v) is 7.91. The van der Waals surface area contributed by atoms with E-state index < -0.39 is 11.7 Å². The third-order valence-electron chi connectivity index (χ3n) is 1.46. The molecule has 4 heteroatoms. The van der Waals surface area contributed by atoms with Crippen LogP contribution >= 0.6 is 15.9 Å². The van der Waals surface area contributed by atoms with Crippen molar-refractivity contribution >= 4 is 15.9 Å². The van der Waals surface area contributed by atoms with Gasteiger partial charge in [0.05, 0.1) is 11.1 Å². The molecule has 0 fully saturated rings. The molecule has 0 aliphatic rings. The van der Waals surface area contributed by atoms with Crippen molar-refractivity contribution in [1.82, 2.24) is 0 Å². The summed E-state index contributed by atoms with van der Waals surface area (Å²) in [6.07, 6.45) is 0.571. The molecule has 0 bridgehead atoms. The van der Waals surface area contributed by atoms with E-state index in [4.69, 9.17) is 6.42 Å². The molecule has 68 valence electrons. The Kier molecular flexibility index (Phi) is 2.67. The van der Waals surface area contributed by atoms with Crippen molar-refractivity contribution in [3.05, 3.63) is 33.8 Å². The maximum absolute atomic E-state index is 12.3. The van der Waals surface area contributed by atoms with Crippen LogP contribution in [0.25, 0.3) is 0 Å². The molecule has 0 amide bonds. The topological polar surface area (TPSA) is 0 Å². The first-order chi connectivity index (χ1) is 5.96. The fourth-order valence-electron chi connectivity index (χ4n) is 0.907. The molecule has 0 saturated heterocycles. The van der Waals surface area contributed by atoms with E-state index in [9.17, 15) is 13.2 Å². The smallest absolute Gasteiger partial charge is 0.166 e. The molecule has 0 N–H and O–H groups in total. The van der Waals surface area contributed by atoms with Crippen LogP contribution in [0.15, 0.2) is 22.7 Å². The molecule has 1 aromatic carbocycles. The highest BCUT2D eigenvalue weighted by atomic mass is 79.9. The van der Waals surface area contributed by atoms with Gasteiger partial charge in [0.25, 0.3) is 0 Å². The normalized spacial score (nSPS) is 11.0. The van der Waals surface area contributed by atoms with Crippen molar-refractivity contribution < 1.29 is 13.2 Å². The predicted molar refractivity (Wildman–Crippen MR) is 47.1 cm³/mol. The van der Waals surface area contributed by atoms with Crippen LogP contribution < -0.4 is 0 Å². The van der Waals surface area contributed by atoms with Gasteiger partial charge in [0, 0.05) is 4.47 Å². The fraction of sp³-hybridized carbons (Fsp3) is 0.111. The van der Waals surface area contributed by atoms with E-state index in [0.717, 1.165) is 6.07 Å². The Balaban J connectivity index is 3.40. The van der Waals surface area contributed by atoms with Crippen molar-refractivity contribution in [3.63, 3.8) is 0 Å². The lowest BCUT2D eigenvalue weighted by Crippen LogP contribution is -2.07. The fourth-order valence-corrected chi connectivity index (χ4v) is 1.39. The zero-order valence-electron chi connectivity index (χ0n) is 6.32. The molecule has 0 radical (unpaired) electrons. The lowest BCUT2D eigenvalue weighted by atomic mass is 10.1. The van der Waals surface area contributed by atoms with Crippen molar-refractivity contribution in [2.24, 2.45) is 0 Å². The van der Waals surface area contributed by atoms with Crippen LogP contribution in [-0.4, -0.2) is 0 Å². The number of hydrogen-bond acceptors (Lipinski definition) is 0. The van der Waals surface area contributed by atoms with Gasteiger partial charge in [0.1, 0.15) is 0 Å². The zero-order chi connectivity index (χ0) is 10.1. The molecular formula is C9H4BrF3. The van der Waals surface area contributed by atoms with E-state index in [2.05, 4.69) is 15.9 Å². The minimum absolute atomic E-state index is 0.157. The van der Waals surface area contributed by atoms with Crippen LogP contribution in [0.4, 0.5) is 13.2 Å². The first-order valence-corrected chi connectivity index (χ1v) is 4.08. The van der Waals surface area contributed by atoms with Crippen molar-refractivity contribution in [2.75, 3.05) is 0 Å². The minimum Gasteiger partial charge on any atom is -0.166 e. The number of rotatable bonds is 0. The van der Waals surface area contributed by atoms with Gasteiger partial charge in [0.15, 0.2) is 0 Å². The van der Waals surface area contributed by atoms with Crippen LogP contribution in [0.3, 0.4) is 0 Å². The van der Waals surface area contributed by atoms with Crippen LogP contribution in [0, 0.1) is 12.3 Å². The minimum atomic E-state index is -4.40. The van der Waals surface area contributed by atoms with E-state index in [1.807, 2.05) is 5.92 Å².